The number of β-amino-alcohol motifs (C(OH)–C–C–N with tert-alkyl or cyclic N) is 1. The van der Waals surface area contributed by atoms with Crippen LogP contribution in [0.1, 0.15) is 38.2 Å². The van der Waals surface area contributed by atoms with Crippen LogP contribution in [0.4, 0.5) is 5.69 Å². The molecule has 2 amide bonds. The molecule has 5 atom stereocenters. The van der Waals surface area contributed by atoms with Crippen LogP contribution >= 0.6 is 11.6 Å². The summed E-state index contributed by atoms with van der Waals surface area (Å²) in [6.07, 6.45) is 10.4. The first-order chi connectivity index (χ1) is 17.8. The fourth-order valence-electron chi connectivity index (χ4n) is 6.55. The lowest BCUT2D eigenvalue weighted by Gasteiger charge is -2.38. The Labute approximate surface area is 221 Å². The predicted octanol–water partition coefficient (Wildman–Crippen LogP) is 3.19. The van der Waals surface area contributed by atoms with Gasteiger partial charge in [-0.1, -0.05) is 55.0 Å². The number of ether oxygens (including phenoxy) is 2. The van der Waals surface area contributed by atoms with Gasteiger partial charge in [0.1, 0.15) is 23.2 Å². The van der Waals surface area contributed by atoms with E-state index in [1.807, 2.05) is 44.2 Å². The molecule has 1 spiro atoms. The summed E-state index contributed by atoms with van der Waals surface area (Å²) in [5.74, 6) is -3.13. The number of carbonyl (C=O) groups is 3. The van der Waals surface area contributed by atoms with Crippen molar-refractivity contribution >= 4 is 35.1 Å². The highest BCUT2D eigenvalue weighted by Crippen LogP contribution is 2.58. The maximum atomic E-state index is 14.4. The quantitative estimate of drug-likeness (QED) is 0.476. The molecule has 5 rings (SSSR count). The molecule has 4 heterocycles. The molecule has 9 heteroatoms. The molecular formula is C28H33ClN2O6. The number of allylic oxidation sites excluding steroid dienone is 1. The van der Waals surface area contributed by atoms with Crippen molar-refractivity contribution in [2.45, 2.75) is 56.8 Å². The highest BCUT2D eigenvalue weighted by atomic mass is 35.5. The molecule has 198 valence electrons. The van der Waals surface area contributed by atoms with Gasteiger partial charge >= 0.3 is 5.97 Å². The number of para-hydroxylation sites is 1. The maximum Gasteiger partial charge on any atom is 0.313 e. The molecule has 2 saturated heterocycles. The molecule has 8 nitrogen and oxygen atoms in total. The molecule has 1 aromatic rings. The van der Waals surface area contributed by atoms with Crippen molar-refractivity contribution < 1.29 is 29.0 Å². The number of aryl methyl sites for hydroxylation is 1. The lowest BCUT2D eigenvalue weighted by Crippen LogP contribution is -2.56. The molecule has 1 N–H and O–H groups in total. The van der Waals surface area contributed by atoms with E-state index in [0.29, 0.717) is 17.1 Å². The molecule has 4 aliphatic rings. The van der Waals surface area contributed by atoms with Crippen molar-refractivity contribution in [1.82, 2.24) is 4.90 Å². The van der Waals surface area contributed by atoms with Gasteiger partial charge in [0.2, 0.25) is 5.91 Å². The van der Waals surface area contributed by atoms with Crippen molar-refractivity contribution in [2.24, 2.45) is 11.8 Å². The Morgan fingerprint density at radius 3 is 2.65 bits per heavy atom. The van der Waals surface area contributed by atoms with E-state index in [2.05, 4.69) is 0 Å². The first kappa shape index (κ1) is 25.9. The van der Waals surface area contributed by atoms with Crippen LogP contribution in [-0.4, -0.2) is 71.3 Å². The van der Waals surface area contributed by atoms with E-state index in [9.17, 15) is 19.5 Å². The number of benzene rings is 1. The third kappa shape index (κ3) is 3.92. The number of fused-ring (bicyclic) bond motifs is 2. The van der Waals surface area contributed by atoms with E-state index in [1.54, 1.807) is 17.0 Å². The summed E-state index contributed by atoms with van der Waals surface area (Å²) in [6.45, 7) is 3.90. The topological polar surface area (TPSA) is 96.4 Å². The fraction of sp³-hybridized carbons (Fsp3) is 0.536. The second-order valence-corrected chi connectivity index (χ2v) is 10.6. The minimum Gasteiger partial charge on any atom is -0.465 e. The van der Waals surface area contributed by atoms with Crippen molar-refractivity contribution in [3.05, 3.63) is 53.1 Å². The van der Waals surface area contributed by atoms with Crippen LogP contribution in [0.25, 0.3) is 0 Å². The van der Waals surface area contributed by atoms with Crippen molar-refractivity contribution in [3.8, 4) is 0 Å². The zero-order valence-electron chi connectivity index (χ0n) is 21.2. The Morgan fingerprint density at radius 1 is 1.11 bits per heavy atom. The van der Waals surface area contributed by atoms with Gasteiger partial charge in [0.15, 0.2) is 0 Å². The summed E-state index contributed by atoms with van der Waals surface area (Å²) >= 11 is 6.55. The first-order valence-electron chi connectivity index (χ1n) is 13.0. The number of carbonyl (C=O) groups excluding carboxylic acids is 3. The molecular weight excluding hydrogens is 496 g/mol. The summed E-state index contributed by atoms with van der Waals surface area (Å²) in [5, 5.41) is 10.3. The number of amides is 2. The Hall–Kier alpha value is -2.68. The summed E-state index contributed by atoms with van der Waals surface area (Å²) in [7, 11) is 0. The van der Waals surface area contributed by atoms with Gasteiger partial charge in [0, 0.05) is 13.1 Å². The second kappa shape index (κ2) is 9.89. The minimum absolute atomic E-state index is 0.0588. The van der Waals surface area contributed by atoms with Crippen LogP contribution in [0.5, 0.6) is 0 Å². The first-order valence-corrected chi connectivity index (χ1v) is 13.4. The summed E-state index contributed by atoms with van der Waals surface area (Å²) in [5.41, 5.74) is -1.11. The van der Waals surface area contributed by atoms with E-state index in [1.165, 1.54) is 4.90 Å². The smallest absolute Gasteiger partial charge is 0.313 e. The van der Waals surface area contributed by atoms with Crippen LogP contribution in [0.2, 0.25) is 5.02 Å². The van der Waals surface area contributed by atoms with Crippen molar-refractivity contribution in [1.29, 1.82) is 0 Å². The van der Waals surface area contributed by atoms with Gasteiger partial charge < -0.3 is 24.4 Å². The summed E-state index contributed by atoms with van der Waals surface area (Å²) in [6, 6.07) is 4.34. The monoisotopic (exact) mass is 528 g/mol. The Bertz CT molecular complexity index is 1150. The molecule has 1 unspecified atom stereocenters. The number of likely N-dealkylation sites (tertiary alicyclic amines) is 1. The number of aliphatic hydroxyl groups is 1. The Kier molecular flexibility index (Phi) is 6.94. The molecule has 0 aliphatic carbocycles. The Morgan fingerprint density at radius 2 is 1.92 bits per heavy atom. The minimum atomic E-state index is -1.40. The van der Waals surface area contributed by atoms with E-state index in [-0.39, 0.29) is 32.2 Å². The zero-order chi connectivity index (χ0) is 26.4. The number of cyclic esters (lactones) is 1. The average molecular weight is 529 g/mol. The number of rotatable bonds is 4. The molecule has 0 radical (unpaired) electrons. The normalized spacial score (nSPS) is 34.5. The highest BCUT2D eigenvalue weighted by molar-refractivity contribution is 6.34. The van der Waals surface area contributed by atoms with E-state index >= 15 is 0 Å². The van der Waals surface area contributed by atoms with Crippen LogP contribution in [0.3, 0.4) is 0 Å². The summed E-state index contributed by atoms with van der Waals surface area (Å²) in [4.78, 5) is 44.9. The Balaban J connectivity index is 1.68. The molecule has 4 aliphatic heterocycles. The molecule has 0 saturated carbocycles. The summed E-state index contributed by atoms with van der Waals surface area (Å²) < 4.78 is 12.5. The van der Waals surface area contributed by atoms with Gasteiger partial charge in [0.25, 0.3) is 5.91 Å². The molecule has 0 aromatic heterocycles. The van der Waals surface area contributed by atoms with Crippen molar-refractivity contribution in [2.75, 3.05) is 31.2 Å². The predicted molar refractivity (Wildman–Crippen MR) is 138 cm³/mol. The van der Waals surface area contributed by atoms with E-state index in [0.717, 1.165) is 24.8 Å². The van der Waals surface area contributed by atoms with E-state index < -0.39 is 41.0 Å². The highest BCUT2D eigenvalue weighted by Gasteiger charge is 2.75. The molecule has 1 aromatic carbocycles. The maximum absolute atomic E-state index is 14.4. The lowest BCUT2D eigenvalue weighted by atomic mass is 9.73. The van der Waals surface area contributed by atoms with Crippen LogP contribution in [0, 0.1) is 18.8 Å². The third-order valence-electron chi connectivity index (χ3n) is 8.18. The molecule has 37 heavy (non-hydrogen) atoms. The van der Waals surface area contributed by atoms with Crippen LogP contribution in [0.15, 0.2) is 42.5 Å². The van der Waals surface area contributed by atoms with Gasteiger partial charge in [-0.05, 0) is 44.2 Å². The SMILES string of the molecule is CC[C@]12/C=C\CCCCOC(=O)[C@H]1[C@H]1C(=O)N(CCO)C3C(=O)N(c4c(C)cccc4Cl)CC=C[C@@]31O2. The van der Waals surface area contributed by atoms with Crippen LogP contribution in [-0.2, 0) is 23.9 Å². The number of anilines is 1. The zero-order valence-corrected chi connectivity index (χ0v) is 21.9. The largest absolute Gasteiger partial charge is 0.465 e. The standard InChI is InChI=1S/C28H33ClN2O6/c1-3-27-12-6-4-5-7-17-36-26(35)21(27)20-24(33)31(15-16-32)23-25(34)30(14-9-13-28(20,23)37-27)22-18(2)10-8-11-19(22)29/h6,8-13,20-21,23,32H,3-5,7,14-17H2,1-2H3/b12-6-/t20-,21+,23?,27-,28-/m0/s1. The van der Waals surface area contributed by atoms with E-state index in [4.69, 9.17) is 21.1 Å². The lowest BCUT2D eigenvalue weighted by molar-refractivity contribution is -0.160. The number of nitrogens with zero attached hydrogens (tertiary/aromatic N) is 2. The molecule has 2 fully saturated rings. The number of aliphatic hydroxyl groups excluding tert-OH is 1. The van der Waals surface area contributed by atoms with Gasteiger partial charge in [-0.15, -0.1) is 0 Å². The molecule has 0 bridgehead atoms. The number of esters is 1. The van der Waals surface area contributed by atoms with Gasteiger partial charge in [-0.25, -0.2) is 0 Å². The second-order valence-electron chi connectivity index (χ2n) is 10.2. The van der Waals surface area contributed by atoms with Crippen LogP contribution < -0.4 is 4.90 Å². The average Bonchev–Trinajstić information content (AvgIpc) is 3.22. The number of hydrogen-bond acceptors (Lipinski definition) is 6. The van der Waals surface area contributed by atoms with Gasteiger partial charge in [-0.3, -0.25) is 14.4 Å². The van der Waals surface area contributed by atoms with Gasteiger partial charge in [0.05, 0.1) is 29.8 Å². The fourth-order valence-corrected chi connectivity index (χ4v) is 6.87. The van der Waals surface area contributed by atoms with Gasteiger partial charge in [-0.2, -0.15) is 0 Å². The third-order valence-corrected chi connectivity index (χ3v) is 8.49. The number of hydrogen-bond donors (Lipinski definition) is 1. The number of halogens is 1. The van der Waals surface area contributed by atoms with Crippen molar-refractivity contribution in [3.63, 3.8) is 0 Å².